The van der Waals surface area contributed by atoms with Gasteiger partial charge in [-0.25, -0.2) is 9.37 Å². The highest BCUT2D eigenvalue weighted by Crippen LogP contribution is 2.21. The quantitative estimate of drug-likeness (QED) is 0.881. The van der Waals surface area contributed by atoms with Crippen molar-refractivity contribution < 1.29 is 4.39 Å². The van der Waals surface area contributed by atoms with Crippen molar-refractivity contribution in [3.8, 4) is 0 Å². The molecule has 2 nitrogen and oxygen atoms in total. The second-order valence-electron chi connectivity index (χ2n) is 5.21. The molecule has 2 aromatic rings. The second kappa shape index (κ2) is 6.95. The van der Waals surface area contributed by atoms with Crippen LogP contribution in [0.2, 0.25) is 0 Å². The molecule has 0 aliphatic rings. The van der Waals surface area contributed by atoms with Crippen LogP contribution in [-0.2, 0) is 12.8 Å². The van der Waals surface area contributed by atoms with Crippen LogP contribution in [0.5, 0.6) is 0 Å². The number of nitrogens with zero attached hydrogens (tertiary/aromatic N) is 1. The molecule has 0 radical (unpaired) electrons. The van der Waals surface area contributed by atoms with Crippen LogP contribution in [0.1, 0.15) is 21.1 Å². The van der Waals surface area contributed by atoms with Gasteiger partial charge in [-0.05, 0) is 57.5 Å². The molecule has 0 aliphatic heterocycles. The van der Waals surface area contributed by atoms with Crippen molar-refractivity contribution in [2.45, 2.75) is 26.7 Å². The fraction of sp³-hybridized carbons (Fsp3) is 0.438. The van der Waals surface area contributed by atoms with E-state index in [9.17, 15) is 4.39 Å². The Hall–Kier alpha value is -1.26. The fourth-order valence-electron chi connectivity index (χ4n) is 2.33. The zero-order chi connectivity index (χ0) is 14.5. The molecule has 0 fully saturated rings. The summed E-state index contributed by atoms with van der Waals surface area (Å²) in [6, 6.07) is 6.81. The largest absolute Gasteiger partial charge is 0.319 e. The Balaban J connectivity index is 2.04. The van der Waals surface area contributed by atoms with Crippen LogP contribution in [0.25, 0.3) is 0 Å². The summed E-state index contributed by atoms with van der Waals surface area (Å²) in [7, 11) is 1.97. The molecule has 2 rings (SSSR count). The lowest BCUT2D eigenvalue weighted by Crippen LogP contribution is -2.22. The number of halogens is 1. The highest BCUT2D eigenvalue weighted by molar-refractivity contribution is 7.11. The minimum absolute atomic E-state index is 0.176. The number of aryl methyl sites for hydroxylation is 2. The normalized spacial score (nSPS) is 12.6. The molecule has 0 saturated heterocycles. The SMILES string of the molecule is CNCC(Cc1ccc(F)cc1)Cc1nc(C)c(C)s1. The van der Waals surface area contributed by atoms with E-state index < -0.39 is 0 Å². The number of nitrogens with one attached hydrogen (secondary N) is 1. The molecule has 0 aliphatic carbocycles. The van der Waals surface area contributed by atoms with Gasteiger partial charge < -0.3 is 5.32 Å². The molecule has 0 bridgehead atoms. The first-order valence-electron chi connectivity index (χ1n) is 6.90. The van der Waals surface area contributed by atoms with Gasteiger partial charge in [0, 0.05) is 11.3 Å². The summed E-state index contributed by atoms with van der Waals surface area (Å²) in [5.41, 5.74) is 2.31. The van der Waals surface area contributed by atoms with Crippen molar-refractivity contribution in [3.63, 3.8) is 0 Å². The Kier molecular flexibility index (Phi) is 5.26. The molecule has 0 amide bonds. The summed E-state index contributed by atoms with van der Waals surface area (Å²) in [4.78, 5) is 5.92. The lowest BCUT2D eigenvalue weighted by atomic mass is 9.96. The highest BCUT2D eigenvalue weighted by atomic mass is 32.1. The second-order valence-corrected chi connectivity index (χ2v) is 6.50. The predicted molar refractivity (Wildman–Crippen MR) is 82.8 cm³/mol. The number of hydrogen-bond donors (Lipinski definition) is 1. The summed E-state index contributed by atoms with van der Waals surface area (Å²) < 4.78 is 12.9. The first-order valence-corrected chi connectivity index (χ1v) is 7.72. The maximum atomic E-state index is 12.9. The maximum absolute atomic E-state index is 12.9. The fourth-order valence-corrected chi connectivity index (χ4v) is 3.38. The zero-order valence-electron chi connectivity index (χ0n) is 12.2. The van der Waals surface area contributed by atoms with Gasteiger partial charge in [0.2, 0.25) is 0 Å². The van der Waals surface area contributed by atoms with Gasteiger partial charge in [-0.2, -0.15) is 0 Å². The van der Waals surface area contributed by atoms with Crippen LogP contribution in [-0.4, -0.2) is 18.6 Å². The van der Waals surface area contributed by atoms with Crippen molar-refractivity contribution in [1.29, 1.82) is 0 Å². The van der Waals surface area contributed by atoms with E-state index in [4.69, 9.17) is 0 Å². The number of hydrogen-bond acceptors (Lipinski definition) is 3. The standard InChI is InChI=1S/C16H21FN2S/c1-11-12(2)20-16(19-11)9-14(10-18-3)8-13-4-6-15(17)7-5-13/h4-7,14,18H,8-10H2,1-3H3. The monoisotopic (exact) mass is 292 g/mol. The van der Waals surface area contributed by atoms with Crippen LogP contribution >= 0.6 is 11.3 Å². The van der Waals surface area contributed by atoms with Crippen molar-refractivity contribution in [3.05, 3.63) is 51.2 Å². The molecule has 20 heavy (non-hydrogen) atoms. The first kappa shape index (κ1) is 15.1. The molecule has 1 aromatic heterocycles. The highest BCUT2D eigenvalue weighted by Gasteiger charge is 2.13. The van der Waals surface area contributed by atoms with Crippen molar-refractivity contribution in [1.82, 2.24) is 10.3 Å². The van der Waals surface area contributed by atoms with Gasteiger partial charge >= 0.3 is 0 Å². The number of benzene rings is 1. The Morgan fingerprint density at radius 3 is 2.45 bits per heavy atom. The van der Waals surface area contributed by atoms with Gasteiger partial charge in [0.15, 0.2) is 0 Å². The van der Waals surface area contributed by atoms with E-state index in [-0.39, 0.29) is 5.82 Å². The molecule has 4 heteroatoms. The van der Waals surface area contributed by atoms with Crippen LogP contribution in [0.15, 0.2) is 24.3 Å². The van der Waals surface area contributed by atoms with Crippen LogP contribution in [0.3, 0.4) is 0 Å². The smallest absolute Gasteiger partial charge is 0.123 e. The molecule has 1 aromatic carbocycles. The molecule has 108 valence electrons. The average Bonchev–Trinajstić information content (AvgIpc) is 2.71. The molecule has 1 N–H and O–H groups in total. The minimum atomic E-state index is -0.176. The molecular formula is C16H21FN2S. The minimum Gasteiger partial charge on any atom is -0.319 e. The third-order valence-electron chi connectivity index (χ3n) is 3.47. The molecule has 0 spiro atoms. The van der Waals surface area contributed by atoms with Gasteiger partial charge in [0.05, 0.1) is 10.7 Å². The summed E-state index contributed by atoms with van der Waals surface area (Å²) in [5.74, 6) is 0.306. The van der Waals surface area contributed by atoms with Crippen LogP contribution < -0.4 is 5.32 Å². The van der Waals surface area contributed by atoms with Crippen molar-refractivity contribution >= 4 is 11.3 Å². The third kappa shape index (κ3) is 4.12. The summed E-state index contributed by atoms with van der Waals surface area (Å²) in [6.07, 6.45) is 1.91. The topological polar surface area (TPSA) is 24.9 Å². The Labute approximate surface area is 124 Å². The lowest BCUT2D eigenvalue weighted by molar-refractivity contribution is 0.491. The average molecular weight is 292 g/mol. The van der Waals surface area contributed by atoms with E-state index in [2.05, 4.69) is 24.1 Å². The first-order chi connectivity index (χ1) is 9.58. The Morgan fingerprint density at radius 1 is 1.20 bits per heavy atom. The van der Waals surface area contributed by atoms with Crippen LogP contribution in [0, 0.1) is 25.6 Å². The molecule has 1 atom stereocenters. The number of aromatic nitrogens is 1. The van der Waals surface area contributed by atoms with Gasteiger partial charge in [-0.3, -0.25) is 0 Å². The predicted octanol–water partition coefficient (Wildman–Crippen LogP) is 3.52. The zero-order valence-corrected chi connectivity index (χ0v) is 13.1. The lowest BCUT2D eigenvalue weighted by Gasteiger charge is -2.15. The van der Waals surface area contributed by atoms with Crippen LogP contribution in [0.4, 0.5) is 4.39 Å². The Bertz CT molecular complexity index is 529. The number of thiazole rings is 1. The van der Waals surface area contributed by atoms with Gasteiger partial charge in [0.25, 0.3) is 0 Å². The van der Waals surface area contributed by atoms with E-state index in [0.29, 0.717) is 5.92 Å². The van der Waals surface area contributed by atoms with E-state index in [1.54, 1.807) is 11.3 Å². The van der Waals surface area contributed by atoms with E-state index in [1.807, 2.05) is 19.2 Å². The van der Waals surface area contributed by atoms with Crippen molar-refractivity contribution in [2.24, 2.45) is 5.92 Å². The van der Waals surface area contributed by atoms with Gasteiger partial charge in [-0.1, -0.05) is 12.1 Å². The summed E-state index contributed by atoms with van der Waals surface area (Å²) >= 11 is 1.78. The maximum Gasteiger partial charge on any atom is 0.123 e. The Morgan fingerprint density at radius 2 is 1.90 bits per heavy atom. The van der Waals surface area contributed by atoms with E-state index >= 15 is 0 Å². The third-order valence-corrected chi connectivity index (χ3v) is 4.56. The van der Waals surface area contributed by atoms with Gasteiger partial charge in [-0.15, -0.1) is 11.3 Å². The summed E-state index contributed by atoms with van der Waals surface area (Å²) in [6.45, 7) is 5.11. The number of rotatable bonds is 6. The molecule has 1 heterocycles. The van der Waals surface area contributed by atoms with E-state index in [0.717, 1.165) is 25.1 Å². The van der Waals surface area contributed by atoms with Gasteiger partial charge in [0.1, 0.15) is 5.82 Å². The van der Waals surface area contributed by atoms with Crippen molar-refractivity contribution in [2.75, 3.05) is 13.6 Å². The molecule has 1 unspecified atom stereocenters. The van der Waals surface area contributed by atoms with E-state index in [1.165, 1.54) is 27.6 Å². The molecular weight excluding hydrogens is 271 g/mol. The molecule has 0 saturated carbocycles. The summed E-state index contributed by atoms with van der Waals surface area (Å²) in [5, 5.41) is 4.44.